The minimum atomic E-state index is 1.20. The Morgan fingerprint density at radius 2 is 2.40 bits per heavy atom. The first-order valence-corrected chi connectivity index (χ1v) is 3.18. The summed E-state index contributed by atoms with van der Waals surface area (Å²) in [7, 11) is 3.37. The van der Waals surface area contributed by atoms with E-state index in [1.165, 1.54) is 16.6 Å². The van der Waals surface area contributed by atoms with Crippen LogP contribution < -0.4 is 0 Å². The van der Waals surface area contributed by atoms with E-state index in [9.17, 15) is 0 Å². The molecule has 0 aromatic carbocycles. The van der Waals surface area contributed by atoms with E-state index >= 15 is 0 Å². The lowest BCUT2D eigenvalue weighted by Crippen LogP contribution is -1.55. The van der Waals surface area contributed by atoms with E-state index in [0.29, 0.717) is 0 Å². The zero-order valence-electron chi connectivity index (χ0n) is 3.86. The van der Waals surface area contributed by atoms with Crippen LogP contribution in [0.4, 0.5) is 0 Å². The van der Waals surface area contributed by atoms with Crippen LogP contribution in [-0.4, -0.2) is 18.1 Å². The van der Waals surface area contributed by atoms with Gasteiger partial charge < -0.3 is 0 Å². The maximum atomic E-state index is 2.19. The van der Waals surface area contributed by atoms with Gasteiger partial charge in [0.15, 0.2) is 0 Å². The molecule has 0 aromatic rings. The van der Waals surface area contributed by atoms with Crippen LogP contribution in [0.1, 0.15) is 0 Å². The molecule has 28 valence electrons. The molecule has 0 aliphatic rings. The van der Waals surface area contributed by atoms with Gasteiger partial charge in [-0.2, -0.15) is 0 Å². The first-order chi connectivity index (χ1) is 2.41. The standard InChI is InChI=1S/C3H9BSi/c4-2-1-3-5/h1,3H,2,4H2,5H3. The van der Waals surface area contributed by atoms with Crippen LogP contribution in [0.3, 0.4) is 0 Å². The molecule has 0 aromatic heterocycles. The fraction of sp³-hybridized carbons (Fsp3) is 0.333. The molecule has 0 unspecified atom stereocenters. The Balaban J connectivity index is 2.62. The van der Waals surface area contributed by atoms with Crippen LogP contribution in [0.25, 0.3) is 0 Å². The van der Waals surface area contributed by atoms with E-state index in [4.69, 9.17) is 0 Å². The largest absolute Gasteiger partial charge is 0.110 e. The summed E-state index contributed by atoms with van der Waals surface area (Å²) in [5, 5.41) is 0. The highest BCUT2D eigenvalue weighted by molar-refractivity contribution is 6.18. The van der Waals surface area contributed by atoms with Crippen molar-refractivity contribution in [2.45, 2.75) is 6.32 Å². The lowest BCUT2D eigenvalue weighted by atomic mass is 10.1. The topological polar surface area (TPSA) is 0 Å². The highest BCUT2D eigenvalue weighted by Gasteiger charge is 1.53. The van der Waals surface area contributed by atoms with Crippen LogP contribution in [0.2, 0.25) is 6.32 Å². The quantitative estimate of drug-likeness (QED) is 0.354. The van der Waals surface area contributed by atoms with Crippen molar-refractivity contribution in [3.05, 3.63) is 11.8 Å². The molecular weight excluding hydrogens is 74.9 g/mol. The van der Waals surface area contributed by atoms with Gasteiger partial charge in [-0.25, -0.2) is 0 Å². The van der Waals surface area contributed by atoms with Gasteiger partial charge in [0.25, 0.3) is 0 Å². The highest BCUT2D eigenvalue weighted by Crippen LogP contribution is 1.67. The highest BCUT2D eigenvalue weighted by atomic mass is 28.1. The zero-order chi connectivity index (χ0) is 4.12. The molecule has 0 radical (unpaired) electrons. The first-order valence-electron chi connectivity index (χ1n) is 2.03. The van der Waals surface area contributed by atoms with E-state index in [1.54, 1.807) is 0 Å². The second-order valence-corrected chi connectivity index (χ2v) is 1.64. The van der Waals surface area contributed by atoms with Crippen molar-refractivity contribution in [3.8, 4) is 0 Å². The van der Waals surface area contributed by atoms with Crippen molar-refractivity contribution < 1.29 is 0 Å². The molecule has 0 fully saturated rings. The van der Waals surface area contributed by atoms with E-state index in [2.05, 4.69) is 19.6 Å². The number of rotatable bonds is 1. The molecule has 0 saturated carbocycles. The predicted octanol–water partition coefficient (Wildman–Crippen LogP) is -1.08. The number of hydrogen-bond donors (Lipinski definition) is 0. The second kappa shape index (κ2) is 4.02. The van der Waals surface area contributed by atoms with Gasteiger partial charge in [-0.3, -0.25) is 0 Å². The molecule has 5 heavy (non-hydrogen) atoms. The smallest absolute Gasteiger partial charge is 0.106 e. The van der Waals surface area contributed by atoms with Gasteiger partial charge in [0.2, 0.25) is 0 Å². The number of hydrogen-bond acceptors (Lipinski definition) is 0. The fourth-order valence-electron chi connectivity index (χ4n) is 0.236. The lowest BCUT2D eigenvalue weighted by molar-refractivity contribution is 1.75. The zero-order valence-corrected chi connectivity index (χ0v) is 5.86. The third-order valence-corrected chi connectivity index (χ3v) is 0.943. The van der Waals surface area contributed by atoms with E-state index in [-0.39, 0.29) is 0 Å². The molecule has 0 rings (SSSR count). The average Bonchev–Trinajstić information content (AvgIpc) is 1.41. The summed E-state index contributed by atoms with van der Waals surface area (Å²) in [6.45, 7) is 0. The Morgan fingerprint density at radius 1 is 1.80 bits per heavy atom. The first kappa shape index (κ1) is 5.02. The summed E-state index contributed by atoms with van der Waals surface area (Å²) in [5.41, 5.74) is 2.19. The van der Waals surface area contributed by atoms with E-state index < -0.39 is 0 Å². The van der Waals surface area contributed by atoms with Crippen LogP contribution in [0.15, 0.2) is 11.8 Å². The Labute approximate surface area is 37.1 Å². The third-order valence-electron chi connectivity index (χ3n) is 0.471. The molecule has 0 atom stereocenters. The molecule has 0 spiro atoms. The molecule has 0 N–H and O–H groups in total. The van der Waals surface area contributed by atoms with Crippen LogP contribution >= 0.6 is 0 Å². The molecule has 0 amide bonds. The minimum absolute atomic E-state index is 1.20. The molecular formula is C3H9BSi. The summed E-state index contributed by atoms with van der Waals surface area (Å²) < 4.78 is 0. The van der Waals surface area contributed by atoms with Crippen molar-refractivity contribution in [1.29, 1.82) is 0 Å². The minimum Gasteiger partial charge on any atom is -0.110 e. The van der Waals surface area contributed by atoms with Gasteiger partial charge in [0.1, 0.15) is 7.85 Å². The maximum Gasteiger partial charge on any atom is 0.106 e. The molecule has 0 bridgehead atoms. The lowest BCUT2D eigenvalue weighted by Gasteiger charge is -1.64. The van der Waals surface area contributed by atoms with Gasteiger partial charge in [-0.15, -0.1) is 11.8 Å². The maximum absolute atomic E-state index is 2.19. The van der Waals surface area contributed by atoms with Gasteiger partial charge in [0.05, 0.1) is 0 Å². The Morgan fingerprint density at radius 3 is 2.40 bits per heavy atom. The molecule has 0 heterocycles. The summed E-state index contributed by atoms with van der Waals surface area (Å²) >= 11 is 0. The Hall–Kier alpha value is 0.0218. The van der Waals surface area contributed by atoms with Crippen molar-refractivity contribution in [3.63, 3.8) is 0 Å². The van der Waals surface area contributed by atoms with Crippen LogP contribution in [0.5, 0.6) is 0 Å². The molecule has 0 nitrogen and oxygen atoms in total. The van der Waals surface area contributed by atoms with E-state index in [1.807, 2.05) is 0 Å². The van der Waals surface area contributed by atoms with Gasteiger partial charge in [-0.1, -0.05) is 6.32 Å². The van der Waals surface area contributed by atoms with Crippen molar-refractivity contribution in [2.75, 3.05) is 0 Å². The Bertz CT molecular complexity index is 33.9. The van der Waals surface area contributed by atoms with E-state index in [0.717, 1.165) is 0 Å². The summed E-state index contributed by atoms with van der Waals surface area (Å²) in [6.07, 6.45) is 3.38. The van der Waals surface area contributed by atoms with Gasteiger partial charge >= 0.3 is 0 Å². The summed E-state index contributed by atoms with van der Waals surface area (Å²) in [6, 6.07) is 0. The fourth-order valence-corrected chi connectivity index (χ4v) is 0.707. The summed E-state index contributed by atoms with van der Waals surface area (Å²) in [4.78, 5) is 0. The SMILES string of the molecule is BCC=C[SiH3]. The summed E-state index contributed by atoms with van der Waals surface area (Å²) in [5.74, 6) is 0. The normalized spacial score (nSPS) is 10.4. The predicted molar refractivity (Wildman–Crippen MR) is 32.4 cm³/mol. The monoisotopic (exact) mass is 84.1 g/mol. The average molecular weight is 84.0 g/mol. The van der Waals surface area contributed by atoms with Crippen molar-refractivity contribution in [2.24, 2.45) is 0 Å². The molecule has 0 saturated heterocycles. The Kier molecular flexibility index (Phi) is 4.04. The molecule has 2 heteroatoms. The van der Waals surface area contributed by atoms with Crippen LogP contribution in [0, 0.1) is 0 Å². The van der Waals surface area contributed by atoms with Crippen molar-refractivity contribution >= 4 is 18.1 Å². The van der Waals surface area contributed by atoms with Gasteiger partial charge in [0, 0.05) is 10.2 Å². The van der Waals surface area contributed by atoms with Crippen molar-refractivity contribution in [1.82, 2.24) is 0 Å². The molecule has 0 aliphatic heterocycles. The van der Waals surface area contributed by atoms with Gasteiger partial charge in [-0.05, 0) is 0 Å². The molecule has 0 aliphatic carbocycles. The third kappa shape index (κ3) is 4.02. The number of allylic oxidation sites excluding steroid dienone is 1. The van der Waals surface area contributed by atoms with Crippen LogP contribution in [-0.2, 0) is 0 Å². The second-order valence-electron chi connectivity index (χ2n) is 0.977.